The molecule has 19 heteroatoms. The van der Waals surface area contributed by atoms with E-state index in [9.17, 15) is 37.7 Å². The molecule has 29 heavy (non-hydrogen) atoms. The van der Waals surface area contributed by atoms with Crippen molar-refractivity contribution in [3.05, 3.63) is 45.0 Å². The Morgan fingerprint density at radius 1 is 1.17 bits per heavy atom. The van der Waals surface area contributed by atoms with Gasteiger partial charge in [0.25, 0.3) is 5.56 Å². The molecular weight excluding hydrogens is 468 g/mol. The summed E-state index contributed by atoms with van der Waals surface area (Å²) in [6, 6.07) is 0.878. The first kappa shape index (κ1) is 24.0. The summed E-state index contributed by atoms with van der Waals surface area (Å²) >= 11 is 0. The molecule has 0 bridgehead atoms. The first-order valence-corrected chi connectivity index (χ1v) is 11.9. The minimum absolute atomic E-state index is 0.178. The Hall–Kier alpha value is -1.28. The molecule has 164 valence electrons. The molecule has 2 unspecified atom stereocenters. The van der Waals surface area contributed by atoms with Crippen molar-refractivity contribution in [3.8, 4) is 0 Å². The van der Waals surface area contributed by atoms with Crippen molar-refractivity contribution >= 4 is 23.2 Å². The predicted octanol–water partition coefficient (Wildman–Crippen LogP) is -0.942. The van der Waals surface area contributed by atoms with Gasteiger partial charge in [-0.3, -0.25) is 18.9 Å². The van der Waals surface area contributed by atoms with E-state index in [2.05, 4.69) is 8.62 Å². The fourth-order valence-corrected chi connectivity index (χ4v) is 5.44. The maximum absolute atomic E-state index is 14.3. The maximum atomic E-state index is 14.3. The summed E-state index contributed by atoms with van der Waals surface area (Å²) in [5, 5.41) is 9.83. The number of nitrogens with zero attached hydrogens (tertiary/aromatic N) is 1. The molecule has 2 heterocycles. The van der Waals surface area contributed by atoms with Gasteiger partial charge in [0.15, 0.2) is 12.4 Å². The zero-order valence-corrected chi connectivity index (χ0v) is 16.5. The van der Waals surface area contributed by atoms with Gasteiger partial charge in [-0.15, -0.1) is 0 Å². The molecule has 0 spiro atoms. The van der Waals surface area contributed by atoms with Gasteiger partial charge in [-0.1, -0.05) is 0 Å². The fraction of sp³-hybridized carbons (Fsp3) is 0.400. The molecule has 6 N–H and O–H groups in total. The van der Waals surface area contributed by atoms with Crippen LogP contribution in [0.25, 0.3) is 0 Å². The highest BCUT2D eigenvalue weighted by Crippen LogP contribution is 2.66. The molecular formula is C10H14FN2O13P3. The van der Waals surface area contributed by atoms with Crippen LogP contribution < -0.4 is 11.2 Å². The lowest BCUT2D eigenvalue weighted by atomic mass is 10.1. The lowest BCUT2D eigenvalue weighted by Gasteiger charge is -2.15. The second-order valence-electron chi connectivity index (χ2n) is 5.47. The zero-order chi connectivity index (χ0) is 22.2. The molecule has 6 atom stereocenters. The third kappa shape index (κ3) is 6.60. The highest BCUT2D eigenvalue weighted by molar-refractivity contribution is 7.69. The van der Waals surface area contributed by atoms with Gasteiger partial charge in [0.2, 0.25) is 0 Å². The number of ether oxygens (including phenoxy) is 1. The number of hydrogen-bond donors (Lipinski definition) is 6. The molecule has 0 amide bonds. The van der Waals surface area contributed by atoms with E-state index < -0.39 is 59.1 Å². The van der Waals surface area contributed by atoms with E-state index in [-0.39, 0.29) is 5.82 Å². The summed E-state index contributed by atoms with van der Waals surface area (Å²) in [6.07, 6.45) is -6.13. The lowest BCUT2D eigenvalue weighted by molar-refractivity contribution is -0.00699. The van der Waals surface area contributed by atoms with Crippen LogP contribution in [-0.2, 0) is 27.1 Å². The molecule has 1 saturated heterocycles. The summed E-state index contributed by atoms with van der Waals surface area (Å²) in [7, 11) is -16.4. The predicted molar refractivity (Wildman–Crippen MR) is 89.1 cm³/mol. The van der Waals surface area contributed by atoms with Crippen LogP contribution in [0.3, 0.4) is 0 Å². The van der Waals surface area contributed by atoms with E-state index in [1.54, 1.807) is 0 Å². The van der Waals surface area contributed by atoms with E-state index >= 15 is 0 Å². The third-order valence-corrected chi connectivity index (χ3v) is 7.24. The normalized spacial score (nSPS) is 29.6. The molecule has 0 radical (unpaired) electrons. The summed E-state index contributed by atoms with van der Waals surface area (Å²) in [5.41, 5.74) is -1.84. The number of phosphoric acid groups is 2. The van der Waals surface area contributed by atoms with Gasteiger partial charge in [-0.2, -0.15) is 4.31 Å². The number of H-pyrrole nitrogens is 1. The van der Waals surface area contributed by atoms with Gasteiger partial charge in [0.05, 0.1) is 0 Å². The zero-order valence-electron chi connectivity index (χ0n) is 13.8. The molecule has 1 aliphatic rings. The number of aromatic nitrogens is 2. The first-order chi connectivity index (χ1) is 13.1. The monoisotopic (exact) mass is 482 g/mol. The van der Waals surface area contributed by atoms with Gasteiger partial charge in [-0.05, 0) is 6.08 Å². The number of rotatable bonds is 7. The molecule has 15 nitrogen and oxygen atoms in total. The second-order valence-corrected chi connectivity index (χ2v) is 10.1. The van der Waals surface area contributed by atoms with Crippen molar-refractivity contribution in [1.82, 2.24) is 9.55 Å². The minimum Gasteiger partial charge on any atom is -0.387 e. The van der Waals surface area contributed by atoms with Crippen LogP contribution in [0.15, 0.2) is 33.7 Å². The standard InChI is InChI=1S/C10H14FN2O13P3/c11-7-8(15)5(24-9(7)13-3-1-6(14)12-10(13)16)2-4-27(17,18)25-29(22,23)26-28(19,20)21/h1-5,7-9,15H,(H,17,18)(H,22,23)(H,12,14,16)(H2,19,20,21)/b4-2+/t5-,7-,8-,9-/m1/s1. The van der Waals surface area contributed by atoms with Gasteiger partial charge in [0.1, 0.15) is 12.2 Å². The quantitative estimate of drug-likeness (QED) is 0.258. The van der Waals surface area contributed by atoms with Crippen LogP contribution in [0.4, 0.5) is 4.39 Å². The molecule has 1 aliphatic heterocycles. The van der Waals surface area contributed by atoms with E-state index in [0.29, 0.717) is 10.6 Å². The van der Waals surface area contributed by atoms with Gasteiger partial charge in [-0.25, -0.2) is 22.6 Å². The van der Waals surface area contributed by atoms with Crippen molar-refractivity contribution in [3.63, 3.8) is 0 Å². The largest absolute Gasteiger partial charge is 0.488 e. The average Bonchev–Trinajstić information content (AvgIpc) is 2.78. The van der Waals surface area contributed by atoms with Gasteiger partial charge < -0.3 is 29.4 Å². The Balaban J connectivity index is 2.16. The van der Waals surface area contributed by atoms with Crippen LogP contribution in [0.5, 0.6) is 0 Å². The fourth-order valence-electron chi connectivity index (χ4n) is 2.19. The molecule has 1 aromatic heterocycles. The Morgan fingerprint density at radius 3 is 2.34 bits per heavy atom. The van der Waals surface area contributed by atoms with Crippen LogP contribution in [0.2, 0.25) is 0 Å². The highest BCUT2D eigenvalue weighted by Gasteiger charge is 2.45. The Labute approximate surface area is 159 Å². The van der Waals surface area contributed by atoms with Crippen molar-refractivity contribution in [1.29, 1.82) is 0 Å². The van der Waals surface area contributed by atoms with E-state index in [4.69, 9.17) is 19.4 Å². The maximum Gasteiger partial charge on any atom is 0.488 e. The highest BCUT2D eigenvalue weighted by atomic mass is 31.3. The van der Waals surface area contributed by atoms with Crippen LogP contribution in [0.1, 0.15) is 6.23 Å². The van der Waals surface area contributed by atoms with Crippen molar-refractivity contribution in [2.45, 2.75) is 24.6 Å². The van der Waals surface area contributed by atoms with E-state index in [1.165, 1.54) is 0 Å². The van der Waals surface area contributed by atoms with E-state index in [0.717, 1.165) is 12.3 Å². The SMILES string of the molecule is O=c1ccn([C@@H]2O[C@H](/C=C/P(=O)(O)OP(=O)(O)OP(=O)(O)O)[C@@H](O)[C@H]2F)c(=O)[nH]1. The summed E-state index contributed by atoms with van der Waals surface area (Å²) in [4.78, 5) is 60.0. The number of hydrogen-bond acceptors (Lipinski definition) is 9. The molecule has 1 fully saturated rings. The summed E-state index contributed by atoms with van der Waals surface area (Å²) in [5.74, 6) is 0.178. The van der Waals surface area contributed by atoms with Crippen molar-refractivity contribution in [2.24, 2.45) is 0 Å². The third-order valence-electron chi connectivity index (χ3n) is 3.25. The number of aromatic amines is 1. The number of nitrogens with one attached hydrogen (secondary N) is 1. The van der Waals surface area contributed by atoms with Crippen LogP contribution in [-0.4, -0.2) is 52.6 Å². The second kappa shape index (κ2) is 8.46. The molecule has 0 saturated carbocycles. The van der Waals surface area contributed by atoms with Crippen molar-refractivity contribution < 1.29 is 56.1 Å². The number of aliphatic hydroxyl groups excluding tert-OH is 1. The Bertz CT molecular complexity index is 1050. The van der Waals surface area contributed by atoms with Crippen molar-refractivity contribution in [2.75, 3.05) is 0 Å². The van der Waals surface area contributed by atoms with Crippen LogP contribution in [0, 0.1) is 0 Å². The Kier molecular flexibility index (Phi) is 7.00. The van der Waals surface area contributed by atoms with Gasteiger partial charge in [0, 0.05) is 18.1 Å². The number of halogens is 1. The summed E-state index contributed by atoms with van der Waals surface area (Å²) in [6.45, 7) is 0. The average molecular weight is 482 g/mol. The first-order valence-electron chi connectivity index (χ1n) is 7.22. The lowest BCUT2D eigenvalue weighted by Crippen LogP contribution is -2.35. The number of alkyl halides is 1. The summed E-state index contributed by atoms with van der Waals surface area (Å²) < 4.78 is 60.6. The topological polar surface area (TPSA) is 235 Å². The molecule has 0 aromatic carbocycles. The Morgan fingerprint density at radius 2 is 1.79 bits per heavy atom. The number of aliphatic hydroxyl groups is 1. The molecule has 2 rings (SSSR count). The molecule has 1 aromatic rings. The molecule has 0 aliphatic carbocycles. The minimum atomic E-state index is -5.68. The smallest absolute Gasteiger partial charge is 0.387 e. The van der Waals surface area contributed by atoms with E-state index in [1.807, 2.05) is 4.98 Å². The van der Waals surface area contributed by atoms with Crippen LogP contribution >= 0.6 is 23.2 Å². The van der Waals surface area contributed by atoms with Gasteiger partial charge >= 0.3 is 28.9 Å².